The van der Waals surface area contributed by atoms with E-state index in [2.05, 4.69) is 4.98 Å². The third-order valence-corrected chi connectivity index (χ3v) is 6.54. The highest BCUT2D eigenvalue weighted by Gasteiger charge is 2.36. The predicted molar refractivity (Wildman–Crippen MR) is 117 cm³/mol. The van der Waals surface area contributed by atoms with Crippen molar-refractivity contribution in [2.45, 2.75) is 50.6 Å². The summed E-state index contributed by atoms with van der Waals surface area (Å²) in [5.41, 5.74) is -2.39. The molecule has 1 aromatic carbocycles. The zero-order valence-electron chi connectivity index (χ0n) is 18.7. The van der Waals surface area contributed by atoms with Crippen LogP contribution in [0.3, 0.4) is 0 Å². The van der Waals surface area contributed by atoms with Crippen molar-refractivity contribution in [2.24, 2.45) is 14.1 Å². The average molecular weight is 465 g/mol. The summed E-state index contributed by atoms with van der Waals surface area (Å²) in [5, 5.41) is 11.1. The maximum atomic E-state index is 13.3. The largest absolute Gasteiger partial charge is 0.416 e. The fourth-order valence-electron chi connectivity index (χ4n) is 4.49. The Hall–Kier alpha value is -3.08. The molecule has 1 aliphatic rings. The number of alkyl halides is 3. The molecule has 11 heteroatoms. The lowest BCUT2D eigenvalue weighted by atomic mass is 9.91. The zero-order chi connectivity index (χ0) is 24.1. The summed E-state index contributed by atoms with van der Waals surface area (Å²) < 4.78 is 42.3. The Morgan fingerprint density at radius 2 is 1.67 bits per heavy atom. The number of aliphatic hydroxyl groups is 1. The van der Waals surface area contributed by atoms with Gasteiger partial charge in [0.05, 0.1) is 12.1 Å². The van der Waals surface area contributed by atoms with Gasteiger partial charge in [0, 0.05) is 21.1 Å². The lowest BCUT2D eigenvalue weighted by Crippen LogP contribution is -2.49. The van der Waals surface area contributed by atoms with Crippen LogP contribution in [0.1, 0.15) is 43.2 Å². The summed E-state index contributed by atoms with van der Waals surface area (Å²) in [6.45, 7) is -0.181. The van der Waals surface area contributed by atoms with Crippen LogP contribution in [0.4, 0.5) is 19.1 Å². The molecule has 8 nitrogen and oxygen atoms in total. The van der Waals surface area contributed by atoms with Gasteiger partial charge in [0.15, 0.2) is 11.2 Å². The maximum absolute atomic E-state index is 13.3. The van der Waals surface area contributed by atoms with Gasteiger partial charge in [-0.2, -0.15) is 18.2 Å². The van der Waals surface area contributed by atoms with Crippen LogP contribution in [0, 0.1) is 0 Å². The van der Waals surface area contributed by atoms with Crippen LogP contribution in [0.25, 0.3) is 11.2 Å². The van der Waals surface area contributed by atoms with Crippen LogP contribution < -0.4 is 16.1 Å². The molecule has 0 unspecified atom stereocenters. The van der Waals surface area contributed by atoms with Gasteiger partial charge in [-0.05, 0) is 43.4 Å². The highest BCUT2D eigenvalue weighted by molar-refractivity contribution is 5.74. The van der Waals surface area contributed by atoms with Gasteiger partial charge in [0.1, 0.15) is 5.72 Å². The van der Waals surface area contributed by atoms with Crippen LogP contribution in [-0.4, -0.2) is 36.6 Å². The zero-order valence-corrected chi connectivity index (χ0v) is 18.7. The number of hydrogen-bond acceptors (Lipinski definition) is 5. The standard InChI is InChI=1S/C22H26F3N5O3/c1-27-16-17(26-19(27)29(3)21(33)11-5-4-6-12-21)28(2)20(32)30(18(16)31)13-14-7-9-15(10-8-14)22(23,24)25/h7-10,33H,4-6,11-13H2,1-3H3. The van der Waals surface area contributed by atoms with E-state index in [1.807, 2.05) is 0 Å². The molecular formula is C22H26F3N5O3. The van der Waals surface area contributed by atoms with Crippen molar-refractivity contribution >= 4 is 17.1 Å². The van der Waals surface area contributed by atoms with Crippen molar-refractivity contribution in [3.63, 3.8) is 0 Å². The van der Waals surface area contributed by atoms with E-state index in [0.29, 0.717) is 24.4 Å². The quantitative estimate of drug-likeness (QED) is 0.599. The third-order valence-electron chi connectivity index (χ3n) is 6.54. The smallest absolute Gasteiger partial charge is 0.371 e. The molecule has 0 spiro atoms. The molecule has 0 atom stereocenters. The fourth-order valence-corrected chi connectivity index (χ4v) is 4.49. The van der Waals surface area contributed by atoms with Crippen LogP contribution in [0.2, 0.25) is 0 Å². The topological polar surface area (TPSA) is 85.3 Å². The van der Waals surface area contributed by atoms with Gasteiger partial charge in [-0.1, -0.05) is 18.6 Å². The van der Waals surface area contributed by atoms with Crippen molar-refractivity contribution in [2.75, 3.05) is 11.9 Å². The van der Waals surface area contributed by atoms with Gasteiger partial charge in [-0.25, -0.2) is 4.79 Å². The number of nitrogens with zero attached hydrogens (tertiary/aromatic N) is 5. The Balaban J connectivity index is 1.78. The molecule has 178 valence electrons. The number of halogens is 3. The van der Waals surface area contributed by atoms with Crippen LogP contribution in [0.5, 0.6) is 0 Å². The van der Waals surface area contributed by atoms with Crippen molar-refractivity contribution in [3.8, 4) is 0 Å². The van der Waals surface area contributed by atoms with Crippen molar-refractivity contribution < 1.29 is 18.3 Å². The molecular weight excluding hydrogens is 439 g/mol. The van der Waals surface area contributed by atoms with E-state index in [1.165, 1.54) is 23.7 Å². The summed E-state index contributed by atoms with van der Waals surface area (Å²) in [4.78, 5) is 32.3. The van der Waals surface area contributed by atoms with E-state index in [9.17, 15) is 27.9 Å². The van der Waals surface area contributed by atoms with E-state index in [1.54, 1.807) is 23.6 Å². The first-order valence-electron chi connectivity index (χ1n) is 10.7. The molecule has 1 aliphatic carbocycles. The van der Waals surface area contributed by atoms with Crippen LogP contribution in [-0.2, 0) is 26.8 Å². The number of hydrogen-bond donors (Lipinski definition) is 1. The SMILES string of the molecule is CN(c1nc2c(c(=O)n(Cc3ccc(C(F)(F)F)cc3)c(=O)n2C)n1C)C1(O)CCCCC1. The summed E-state index contributed by atoms with van der Waals surface area (Å²) in [5.74, 6) is 0.355. The van der Waals surface area contributed by atoms with E-state index in [0.717, 1.165) is 36.0 Å². The number of aryl methyl sites for hydroxylation is 2. The Bertz CT molecular complexity index is 1300. The normalized spacial score (nSPS) is 16.3. The fraction of sp³-hybridized carbons (Fsp3) is 0.500. The molecule has 3 aromatic rings. The first kappa shape index (κ1) is 23.1. The molecule has 0 amide bonds. The number of imidazole rings is 1. The number of anilines is 1. The summed E-state index contributed by atoms with van der Waals surface area (Å²) in [7, 11) is 4.84. The van der Waals surface area contributed by atoms with Crippen molar-refractivity contribution in [1.29, 1.82) is 0 Å². The molecule has 1 fully saturated rings. The number of rotatable bonds is 4. The Labute approximate surface area is 187 Å². The second-order valence-corrected chi connectivity index (χ2v) is 8.67. The molecule has 1 N–H and O–H groups in total. The number of benzene rings is 1. The highest BCUT2D eigenvalue weighted by Crippen LogP contribution is 2.34. The lowest BCUT2D eigenvalue weighted by Gasteiger charge is -2.40. The van der Waals surface area contributed by atoms with E-state index in [-0.39, 0.29) is 17.7 Å². The van der Waals surface area contributed by atoms with Crippen LogP contribution in [0.15, 0.2) is 33.9 Å². The highest BCUT2D eigenvalue weighted by atomic mass is 19.4. The van der Waals surface area contributed by atoms with Crippen LogP contribution >= 0.6 is 0 Å². The number of fused-ring (bicyclic) bond motifs is 1. The van der Waals surface area contributed by atoms with E-state index >= 15 is 0 Å². The molecule has 0 saturated heterocycles. The molecule has 2 heterocycles. The monoisotopic (exact) mass is 465 g/mol. The van der Waals surface area contributed by atoms with E-state index in [4.69, 9.17) is 0 Å². The first-order valence-corrected chi connectivity index (χ1v) is 10.7. The first-order chi connectivity index (χ1) is 15.4. The molecule has 0 radical (unpaired) electrons. The third kappa shape index (κ3) is 3.94. The van der Waals surface area contributed by atoms with Crippen molar-refractivity contribution in [3.05, 3.63) is 56.2 Å². The van der Waals surface area contributed by atoms with Gasteiger partial charge < -0.3 is 14.6 Å². The lowest BCUT2D eigenvalue weighted by molar-refractivity contribution is -0.137. The average Bonchev–Trinajstić information content (AvgIpc) is 3.12. The van der Waals surface area contributed by atoms with Gasteiger partial charge in [0.2, 0.25) is 5.95 Å². The van der Waals surface area contributed by atoms with Gasteiger partial charge in [-0.15, -0.1) is 0 Å². The van der Waals surface area contributed by atoms with Gasteiger partial charge in [-0.3, -0.25) is 13.9 Å². The molecule has 0 aliphatic heterocycles. The summed E-state index contributed by atoms with van der Waals surface area (Å²) in [6, 6.07) is 4.34. The maximum Gasteiger partial charge on any atom is 0.416 e. The second kappa shape index (κ2) is 8.05. The summed E-state index contributed by atoms with van der Waals surface area (Å²) >= 11 is 0. The van der Waals surface area contributed by atoms with Gasteiger partial charge in [0.25, 0.3) is 5.56 Å². The molecule has 4 rings (SSSR count). The molecule has 0 bridgehead atoms. The molecule has 2 aromatic heterocycles. The number of aromatic nitrogens is 4. The summed E-state index contributed by atoms with van der Waals surface area (Å²) in [6.07, 6.45) is -0.522. The minimum Gasteiger partial charge on any atom is -0.371 e. The molecule has 1 saturated carbocycles. The minimum atomic E-state index is -4.47. The minimum absolute atomic E-state index is 0.172. The Kier molecular flexibility index (Phi) is 5.63. The molecule has 33 heavy (non-hydrogen) atoms. The van der Waals surface area contributed by atoms with E-state index < -0.39 is 28.7 Å². The van der Waals surface area contributed by atoms with Gasteiger partial charge >= 0.3 is 11.9 Å². The Morgan fingerprint density at radius 1 is 1.06 bits per heavy atom. The predicted octanol–water partition coefficient (Wildman–Crippen LogP) is 2.59. The second-order valence-electron chi connectivity index (χ2n) is 8.67. The van der Waals surface area contributed by atoms with Crippen molar-refractivity contribution in [1.82, 2.24) is 18.7 Å². The Morgan fingerprint density at radius 3 is 2.24 bits per heavy atom.